The molecule has 4 aromatic rings. The predicted molar refractivity (Wildman–Crippen MR) is 115 cm³/mol. The molecule has 29 heavy (non-hydrogen) atoms. The number of benzene rings is 1. The van der Waals surface area contributed by atoms with Crippen LogP contribution in [0.4, 0.5) is 4.39 Å². The molecule has 0 aliphatic heterocycles. The summed E-state index contributed by atoms with van der Waals surface area (Å²) in [5, 5.41) is 7.86. The Labute approximate surface area is 175 Å². The highest BCUT2D eigenvalue weighted by atomic mass is 32.1. The summed E-state index contributed by atoms with van der Waals surface area (Å²) in [6, 6.07) is 12.1. The Hall–Kier alpha value is -2.64. The third-order valence-electron chi connectivity index (χ3n) is 5.16. The minimum atomic E-state index is -0.796. The second kappa shape index (κ2) is 7.65. The molecule has 3 heterocycles. The van der Waals surface area contributed by atoms with Crippen LogP contribution in [0.25, 0.3) is 20.8 Å². The van der Waals surface area contributed by atoms with Crippen molar-refractivity contribution in [2.45, 2.75) is 31.5 Å². The molecule has 1 fully saturated rings. The second-order valence-electron chi connectivity index (χ2n) is 7.25. The Kier molecular flexibility index (Phi) is 4.85. The van der Waals surface area contributed by atoms with Crippen molar-refractivity contribution in [1.29, 1.82) is 0 Å². The van der Waals surface area contributed by atoms with Gasteiger partial charge in [0, 0.05) is 23.2 Å². The number of hydrogen-bond acceptors (Lipinski definition) is 5. The smallest absolute Gasteiger partial charge is 0.270 e. The van der Waals surface area contributed by atoms with Gasteiger partial charge in [0.15, 0.2) is 0 Å². The number of pyridine rings is 1. The third kappa shape index (κ3) is 3.80. The lowest BCUT2D eigenvalue weighted by molar-refractivity contribution is 0.0855. The zero-order chi connectivity index (χ0) is 19.8. The SMILES string of the molecule is O=C(NC1CC(F)C1)c1cc(Cc2ccc(-c3nccs3)cc2)c2sccc2n1. The number of thiazole rings is 1. The Morgan fingerprint density at radius 3 is 2.69 bits per heavy atom. The van der Waals surface area contributed by atoms with Crippen molar-refractivity contribution >= 4 is 38.8 Å². The Morgan fingerprint density at radius 2 is 1.97 bits per heavy atom. The first kappa shape index (κ1) is 18.4. The maximum atomic E-state index is 13.0. The highest BCUT2D eigenvalue weighted by Gasteiger charge is 2.30. The molecule has 5 rings (SSSR count). The van der Waals surface area contributed by atoms with E-state index in [4.69, 9.17) is 0 Å². The number of fused-ring (bicyclic) bond motifs is 1. The molecule has 1 N–H and O–H groups in total. The summed E-state index contributed by atoms with van der Waals surface area (Å²) in [6.07, 6.45) is 2.52. The Bertz CT molecular complexity index is 1150. The van der Waals surface area contributed by atoms with Crippen LogP contribution < -0.4 is 5.32 Å². The van der Waals surface area contributed by atoms with E-state index in [9.17, 15) is 9.18 Å². The summed E-state index contributed by atoms with van der Waals surface area (Å²) in [6.45, 7) is 0. The lowest BCUT2D eigenvalue weighted by Crippen LogP contribution is -2.45. The van der Waals surface area contributed by atoms with E-state index in [1.807, 2.05) is 29.1 Å². The number of carbonyl (C=O) groups is 1. The van der Waals surface area contributed by atoms with Crippen LogP contribution in [0.2, 0.25) is 0 Å². The van der Waals surface area contributed by atoms with Gasteiger partial charge in [-0.3, -0.25) is 4.79 Å². The number of aromatic nitrogens is 2. The number of halogens is 1. The molecule has 0 bridgehead atoms. The number of carbonyl (C=O) groups excluding carboxylic acids is 1. The first-order chi connectivity index (χ1) is 14.2. The van der Waals surface area contributed by atoms with Crippen molar-refractivity contribution in [2.75, 3.05) is 0 Å². The van der Waals surface area contributed by atoms with E-state index in [0.717, 1.165) is 31.9 Å². The van der Waals surface area contributed by atoms with E-state index >= 15 is 0 Å². The zero-order valence-corrected chi connectivity index (χ0v) is 17.1. The van der Waals surface area contributed by atoms with E-state index in [1.54, 1.807) is 22.7 Å². The summed E-state index contributed by atoms with van der Waals surface area (Å²) in [7, 11) is 0. The molecule has 1 aliphatic rings. The van der Waals surface area contributed by atoms with Crippen molar-refractivity contribution in [3.8, 4) is 10.6 Å². The summed E-state index contributed by atoms with van der Waals surface area (Å²) < 4.78 is 14.1. The molecular weight excluding hydrogens is 405 g/mol. The maximum absolute atomic E-state index is 13.0. The molecule has 146 valence electrons. The van der Waals surface area contributed by atoms with Crippen LogP contribution in [-0.4, -0.2) is 28.1 Å². The van der Waals surface area contributed by atoms with Gasteiger partial charge in [-0.25, -0.2) is 14.4 Å². The zero-order valence-electron chi connectivity index (χ0n) is 15.5. The number of amides is 1. The van der Waals surface area contributed by atoms with Crippen molar-refractivity contribution in [2.24, 2.45) is 0 Å². The quantitative estimate of drug-likeness (QED) is 0.478. The van der Waals surface area contributed by atoms with Crippen molar-refractivity contribution in [3.05, 3.63) is 70.2 Å². The van der Waals surface area contributed by atoms with E-state index < -0.39 is 6.17 Å². The normalized spacial score (nSPS) is 18.5. The third-order valence-corrected chi connectivity index (χ3v) is 6.97. The molecule has 3 aromatic heterocycles. The molecule has 1 aliphatic carbocycles. The van der Waals surface area contributed by atoms with Gasteiger partial charge in [0.05, 0.1) is 10.2 Å². The van der Waals surface area contributed by atoms with E-state index in [0.29, 0.717) is 25.0 Å². The summed E-state index contributed by atoms with van der Waals surface area (Å²) in [4.78, 5) is 21.5. The molecule has 7 heteroatoms. The number of hydrogen-bond donors (Lipinski definition) is 1. The first-order valence-corrected chi connectivity index (χ1v) is 11.2. The molecule has 0 radical (unpaired) electrons. The number of nitrogens with zero attached hydrogens (tertiary/aromatic N) is 2. The largest absolute Gasteiger partial charge is 0.348 e. The maximum Gasteiger partial charge on any atom is 0.270 e. The van der Waals surface area contributed by atoms with Crippen LogP contribution >= 0.6 is 22.7 Å². The molecule has 0 spiro atoms. The minimum Gasteiger partial charge on any atom is -0.348 e. The molecule has 0 atom stereocenters. The molecule has 0 saturated heterocycles. The Morgan fingerprint density at radius 1 is 1.14 bits per heavy atom. The molecule has 1 amide bonds. The van der Waals surface area contributed by atoms with E-state index in [-0.39, 0.29) is 11.9 Å². The van der Waals surface area contributed by atoms with Gasteiger partial charge < -0.3 is 5.32 Å². The van der Waals surface area contributed by atoms with Crippen LogP contribution in [0.3, 0.4) is 0 Å². The second-order valence-corrected chi connectivity index (χ2v) is 9.06. The fourth-order valence-corrected chi connectivity index (χ4v) is 5.04. The van der Waals surface area contributed by atoms with Crippen LogP contribution in [0, 0.1) is 0 Å². The standard InChI is InChI=1S/C22H18FN3OS2/c23-16-11-17(12-16)25-21(27)19-10-15(20-18(26-19)5-7-28-20)9-13-1-3-14(4-2-13)22-24-6-8-29-22/h1-8,10,16-17H,9,11-12H2,(H,25,27). The van der Waals surface area contributed by atoms with Crippen LogP contribution in [0.5, 0.6) is 0 Å². The average Bonchev–Trinajstić information content (AvgIpc) is 3.39. The first-order valence-electron chi connectivity index (χ1n) is 9.46. The van der Waals surface area contributed by atoms with E-state index in [1.165, 1.54) is 0 Å². The van der Waals surface area contributed by atoms with Crippen molar-refractivity contribution < 1.29 is 9.18 Å². The summed E-state index contributed by atoms with van der Waals surface area (Å²) >= 11 is 3.25. The van der Waals surface area contributed by atoms with Gasteiger partial charge in [-0.2, -0.15) is 0 Å². The summed E-state index contributed by atoms with van der Waals surface area (Å²) in [5.41, 5.74) is 4.57. The van der Waals surface area contributed by atoms with Gasteiger partial charge in [0.2, 0.25) is 0 Å². The fourth-order valence-electron chi connectivity index (χ4n) is 3.55. The molecule has 0 unspecified atom stereocenters. The van der Waals surface area contributed by atoms with E-state index in [2.05, 4.69) is 39.6 Å². The van der Waals surface area contributed by atoms with Crippen LogP contribution in [0.15, 0.2) is 53.4 Å². The van der Waals surface area contributed by atoms with Gasteiger partial charge in [-0.1, -0.05) is 24.3 Å². The Balaban J connectivity index is 1.40. The van der Waals surface area contributed by atoms with Crippen LogP contribution in [-0.2, 0) is 6.42 Å². The average molecular weight is 424 g/mol. The number of nitrogens with one attached hydrogen (secondary N) is 1. The fraction of sp³-hybridized carbons (Fsp3) is 0.227. The number of alkyl halides is 1. The lowest BCUT2D eigenvalue weighted by atomic mass is 9.90. The monoisotopic (exact) mass is 423 g/mol. The molecule has 4 nitrogen and oxygen atoms in total. The van der Waals surface area contributed by atoms with Gasteiger partial charge >= 0.3 is 0 Å². The predicted octanol–water partition coefficient (Wildman–Crippen LogP) is 5.24. The molecule has 1 aromatic carbocycles. The lowest BCUT2D eigenvalue weighted by Gasteiger charge is -2.30. The van der Waals surface area contributed by atoms with Gasteiger partial charge in [-0.15, -0.1) is 22.7 Å². The van der Waals surface area contributed by atoms with Crippen molar-refractivity contribution in [1.82, 2.24) is 15.3 Å². The van der Waals surface area contributed by atoms with Gasteiger partial charge in [0.25, 0.3) is 5.91 Å². The topological polar surface area (TPSA) is 54.9 Å². The van der Waals surface area contributed by atoms with Gasteiger partial charge in [0.1, 0.15) is 16.9 Å². The van der Waals surface area contributed by atoms with Crippen LogP contribution in [0.1, 0.15) is 34.5 Å². The molecular formula is C22H18FN3OS2. The van der Waals surface area contributed by atoms with Crippen molar-refractivity contribution in [3.63, 3.8) is 0 Å². The highest BCUT2D eigenvalue weighted by Crippen LogP contribution is 2.28. The number of thiophene rings is 1. The minimum absolute atomic E-state index is 0.0840. The highest BCUT2D eigenvalue weighted by molar-refractivity contribution is 7.17. The molecule has 1 saturated carbocycles. The summed E-state index contributed by atoms with van der Waals surface area (Å²) in [5.74, 6) is -0.227. The van der Waals surface area contributed by atoms with Gasteiger partial charge in [-0.05, 0) is 47.9 Å². The number of rotatable bonds is 5.